The quantitative estimate of drug-likeness (QED) is 0.574. The molecule has 0 N–H and O–H groups in total. The first-order chi connectivity index (χ1) is 14.0. The number of ether oxygens (including phenoxy) is 1. The summed E-state index contributed by atoms with van der Waals surface area (Å²) in [5, 5.41) is 0. The average molecular weight is 405 g/mol. The predicted molar refractivity (Wildman–Crippen MR) is 112 cm³/mol. The van der Waals surface area contributed by atoms with E-state index in [9.17, 15) is 13.2 Å². The molecular weight excluding hydrogens is 386 g/mol. The Morgan fingerprint density at radius 1 is 0.897 bits per heavy atom. The van der Waals surface area contributed by atoms with Gasteiger partial charge in [0.15, 0.2) is 0 Å². The number of Topliss-reactive ketones (excluding diaryl/α,β-unsaturated/α-hetero) is 1. The van der Waals surface area contributed by atoms with Crippen molar-refractivity contribution in [1.29, 1.82) is 0 Å². The lowest BCUT2D eigenvalue weighted by Crippen LogP contribution is -2.25. The molecule has 0 atom stereocenters. The van der Waals surface area contributed by atoms with Gasteiger partial charge in [0.25, 0.3) is 0 Å². The second-order valence-corrected chi connectivity index (χ2v) is 8.34. The van der Waals surface area contributed by atoms with Gasteiger partial charge in [0.05, 0.1) is 17.2 Å². The Bertz CT molecular complexity index is 1180. The molecule has 29 heavy (non-hydrogen) atoms. The number of fused-ring (bicyclic) bond motifs is 1. The van der Waals surface area contributed by atoms with Gasteiger partial charge >= 0.3 is 0 Å². The summed E-state index contributed by atoms with van der Waals surface area (Å²) < 4.78 is 31.9. The van der Waals surface area contributed by atoms with Gasteiger partial charge in [-0.25, -0.2) is 8.42 Å². The molecule has 5 nitrogen and oxygen atoms in total. The van der Waals surface area contributed by atoms with E-state index in [-0.39, 0.29) is 9.80 Å². The maximum atomic E-state index is 13.2. The minimum atomic E-state index is -3.94. The van der Waals surface area contributed by atoms with Crippen molar-refractivity contribution >= 4 is 27.0 Å². The van der Waals surface area contributed by atoms with Gasteiger partial charge in [0, 0.05) is 17.5 Å². The number of para-hydroxylation sites is 1. The van der Waals surface area contributed by atoms with Crippen LogP contribution in [-0.2, 0) is 9.84 Å². The summed E-state index contributed by atoms with van der Waals surface area (Å²) in [6.45, 7) is 2.46. The smallest absolute Gasteiger partial charge is 0.214 e. The summed E-state index contributed by atoms with van der Waals surface area (Å²) in [7, 11) is -3.94. The molecule has 0 spiro atoms. The van der Waals surface area contributed by atoms with Crippen LogP contribution in [0.3, 0.4) is 0 Å². The van der Waals surface area contributed by atoms with Crippen LogP contribution < -0.4 is 9.64 Å². The molecule has 0 bridgehead atoms. The van der Waals surface area contributed by atoms with E-state index in [4.69, 9.17) is 4.74 Å². The van der Waals surface area contributed by atoms with Gasteiger partial charge in [-0.15, -0.1) is 0 Å². The van der Waals surface area contributed by atoms with Crippen molar-refractivity contribution in [2.45, 2.75) is 11.8 Å². The van der Waals surface area contributed by atoms with Crippen LogP contribution in [0.5, 0.6) is 5.75 Å². The Morgan fingerprint density at radius 2 is 1.55 bits per heavy atom. The maximum Gasteiger partial charge on any atom is 0.214 e. The van der Waals surface area contributed by atoms with Gasteiger partial charge in [-0.2, -0.15) is 0 Å². The van der Waals surface area contributed by atoms with E-state index in [0.29, 0.717) is 17.9 Å². The highest BCUT2D eigenvalue weighted by Crippen LogP contribution is 2.40. The standard InChI is InChI=1S/C23H19NO4S/c1-2-28-19-14-12-18(13-15-19)24-16-22(23(25)17-8-4-3-5-9-17)29(26,27)21-11-7-6-10-20(21)24/h3-16H,2H2,1H3. The highest BCUT2D eigenvalue weighted by molar-refractivity contribution is 7.96. The third kappa shape index (κ3) is 3.43. The molecule has 1 aliphatic heterocycles. The lowest BCUT2D eigenvalue weighted by molar-refractivity contribution is 0.104. The number of carbonyl (C=O) groups excluding carboxylic acids is 1. The van der Waals surface area contributed by atoms with Crippen molar-refractivity contribution in [1.82, 2.24) is 0 Å². The van der Waals surface area contributed by atoms with E-state index in [1.807, 2.05) is 31.2 Å². The number of hydrogen-bond donors (Lipinski definition) is 0. The Balaban J connectivity index is 1.86. The highest BCUT2D eigenvalue weighted by atomic mass is 32.2. The van der Waals surface area contributed by atoms with Crippen LogP contribution in [0.4, 0.5) is 11.4 Å². The number of nitrogens with zero attached hydrogens (tertiary/aromatic N) is 1. The molecule has 6 heteroatoms. The van der Waals surface area contributed by atoms with Crippen molar-refractivity contribution in [2.75, 3.05) is 11.5 Å². The summed E-state index contributed by atoms with van der Waals surface area (Å²) in [4.78, 5) is 14.6. The number of ketones is 1. The van der Waals surface area contributed by atoms with E-state index < -0.39 is 15.6 Å². The van der Waals surface area contributed by atoms with Gasteiger partial charge in [-0.05, 0) is 43.3 Å². The van der Waals surface area contributed by atoms with Crippen LogP contribution >= 0.6 is 0 Å². The lowest BCUT2D eigenvalue weighted by atomic mass is 10.1. The molecule has 0 aromatic heterocycles. The van der Waals surface area contributed by atoms with E-state index in [1.165, 1.54) is 12.3 Å². The number of anilines is 2. The number of allylic oxidation sites excluding steroid dienone is 1. The highest BCUT2D eigenvalue weighted by Gasteiger charge is 2.35. The van der Waals surface area contributed by atoms with Crippen LogP contribution in [0.15, 0.2) is 94.9 Å². The Hall–Kier alpha value is -3.38. The number of hydrogen-bond acceptors (Lipinski definition) is 5. The van der Waals surface area contributed by atoms with Gasteiger partial charge < -0.3 is 9.64 Å². The SMILES string of the molecule is CCOc1ccc(N2C=C(C(=O)c3ccccc3)S(=O)(=O)c3ccccc32)cc1. The summed E-state index contributed by atoms with van der Waals surface area (Å²) >= 11 is 0. The largest absolute Gasteiger partial charge is 0.494 e. The number of benzene rings is 3. The second kappa shape index (κ2) is 7.56. The van der Waals surface area contributed by atoms with Crippen LogP contribution in [0.1, 0.15) is 17.3 Å². The van der Waals surface area contributed by atoms with Gasteiger partial charge in [0.1, 0.15) is 10.7 Å². The first kappa shape index (κ1) is 19.0. The zero-order valence-corrected chi connectivity index (χ0v) is 16.6. The molecule has 146 valence electrons. The van der Waals surface area contributed by atoms with Crippen LogP contribution in [0.2, 0.25) is 0 Å². The molecule has 3 aromatic carbocycles. The summed E-state index contributed by atoms with van der Waals surface area (Å²) in [5.74, 6) is 0.190. The molecular formula is C23H19NO4S. The Labute approximate surface area is 169 Å². The number of carbonyl (C=O) groups is 1. The molecule has 0 fully saturated rings. The summed E-state index contributed by atoms with van der Waals surface area (Å²) in [6.07, 6.45) is 1.41. The Morgan fingerprint density at radius 3 is 2.24 bits per heavy atom. The molecule has 0 aliphatic carbocycles. The zero-order valence-electron chi connectivity index (χ0n) is 15.8. The average Bonchev–Trinajstić information content (AvgIpc) is 2.75. The topological polar surface area (TPSA) is 63.7 Å². The molecule has 0 saturated carbocycles. The molecule has 1 aliphatic rings. The zero-order chi connectivity index (χ0) is 20.4. The van der Waals surface area contributed by atoms with Gasteiger partial charge in [-0.1, -0.05) is 42.5 Å². The van der Waals surface area contributed by atoms with E-state index >= 15 is 0 Å². The second-order valence-electron chi connectivity index (χ2n) is 6.46. The molecule has 1 heterocycles. The Kier molecular flexibility index (Phi) is 4.94. The van der Waals surface area contributed by atoms with Crippen molar-refractivity contribution in [3.63, 3.8) is 0 Å². The molecule has 0 unspecified atom stereocenters. The van der Waals surface area contributed by atoms with E-state index in [2.05, 4.69) is 0 Å². The predicted octanol–water partition coefficient (Wildman–Crippen LogP) is 4.74. The third-order valence-electron chi connectivity index (χ3n) is 4.64. The minimum Gasteiger partial charge on any atom is -0.494 e. The molecule has 0 saturated heterocycles. The third-order valence-corrected chi connectivity index (χ3v) is 6.43. The van der Waals surface area contributed by atoms with Crippen molar-refractivity contribution in [3.8, 4) is 5.75 Å². The molecule has 4 rings (SSSR count). The van der Waals surface area contributed by atoms with Crippen LogP contribution in [0.25, 0.3) is 0 Å². The fourth-order valence-electron chi connectivity index (χ4n) is 3.25. The first-order valence-corrected chi connectivity index (χ1v) is 10.7. The first-order valence-electron chi connectivity index (χ1n) is 9.20. The molecule has 0 radical (unpaired) electrons. The fourth-order valence-corrected chi connectivity index (χ4v) is 4.80. The summed E-state index contributed by atoms with van der Waals surface area (Å²) in [5.41, 5.74) is 1.56. The van der Waals surface area contributed by atoms with Gasteiger partial charge in [-0.3, -0.25) is 4.79 Å². The number of rotatable bonds is 5. The van der Waals surface area contributed by atoms with Crippen LogP contribution in [0, 0.1) is 0 Å². The molecule has 3 aromatic rings. The normalized spacial score (nSPS) is 14.7. The van der Waals surface area contributed by atoms with Crippen molar-refractivity contribution in [3.05, 3.63) is 95.5 Å². The monoisotopic (exact) mass is 405 g/mol. The minimum absolute atomic E-state index is 0.107. The van der Waals surface area contributed by atoms with E-state index in [0.717, 1.165) is 11.4 Å². The summed E-state index contributed by atoms with van der Waals surface area (Å²) in [6, 6.07) is 22.4. The fraction of sp³-hybridized carbons (Fsp3) is 0.0870. The maximum absolute atomic E-state index is 13.2. The van der Waals surface area contributed by atoms with Crippen molar-refractivity contribution in [2.24, 2.45) is 0 Å². The number of sulfone groups is 1. The van der Waals surface area contributed by atoms with Crippen molar-refractivity contribution < 1.29 is 17.9 Å². The van der Waals surface area contributed by atoms with E-state index in [1.54, 1.807) is 53.4 Å². The lowest BCUT2D eigenvalue weighted by Gasteiger charge is -2.29. The van der Waals surface area contributed by atoms with Crippen LogP contribution in [-0.4, -0.2) is 20.8 Å². The molecule has 0 amide bonds. The van der Waals surface area contributed by atoms with Gasteiger partial charge in [0.2, 0.25) is 15.6 Å².